The van der Waals surface area contributed by atoms with Crippen molar-refractivity contribution in [2.75, 3.05) is 0 Å². The SMILES string of the molecule is [3H]c1c(C)n(C)c2c[c-]nc(C)c12.[Y]. The third-order valence-corrected chi connectivity index (χ3v) is 2.22. The predicted octanol–water partition coefficient (Wildman–Crippen LogP) is 1.99. The van der Waals surface area contributed by atoms with Crippen LogP contribution in [0.2, 0.25) is 0 Å². The first-order chi connectivity index (χ1) is 6.13. The number of aryl methyl sites for hydroxylation is 2. The molecule has 0 bridgehead atoms. The normalized spacial score (nSPS) is 11.2. The average molecular weight is 250 g/mol. The van der Waals surface area contributed by atoms with Crippen LogP contribution >= 0.6 is 0 Å². The Hall–Kier alpha value is -0.206. The van der Waals surface area contributed by atoms with E-state index in [-0.39, 0.29) is 32.7 Å². The first kappa shape index (κ1) is 9.35. The minimum Gasteiger partial charge on any atom is -0.401 e. The molecule has 2 nitrogen and oxygen atoms in total. The Balaban J connectivity index is 0.000000980. The van der Waals surface area contributed by atoms with Crippen LogP contribution < -0.4 is 0 Å². The maximum atomic E-state index is 7.88. The molecule has 2 aromatic rings. The second-order valence-electron chi connectivity index (χ2n) is 3.00. The van der Waals surface area contributed by atoms with Crippen LogP contribution in [0.1, 0.15) is 12.8 Å². The molecule has 0 fully saturated rings. The van der Waals surface area contributed by atoms with Gasteiger partial charge in [0.1, 0.15) is 0 Å². The fraction of sp³-hybridized carbons (Fsp3) is 0.300. The molecule has 0 amide bonds. The Morgan fingerprint density at radius 2 is 2.23 bits per heavy atom. The average Bonchev–Trinajstić information content (AvgIpc) is 2.33. The van der Waals surface area contributed by atoms with E-state index in [0.29, 0.717) is 6.04 Å². The van der Waals surface area contributed by atoms with E-state index in [9.17, 15) is 0 Å². The summed E-state index contributed by atoms with van der Waals surface area (Å²) in [5.74, 6) is 0. The summed E-state index contributed by atoms with van der Waals surface area (Å²) >= 11 is 0. The fourth-order valence-electron chi connectivity index (χ4n) is 1.37. The number of hydrogen-bond acceptors (Lipinski definition) is 1. The fourth-order valence-corrected chi connectivity index (χ4v) is 1.37. The van der Waals surface area contributed by atoms with Crippen molar-refractivity contribution in [3.63, 3.8) is 0 Å². The minimum atomic E-state index is 0. The van der Waals surface area contributed by atoms with Gasteiger partial charge in [0.25, 0.3) is 0 Å². The molecule has 0 unspecified atom stereocenters. The van der Waals surface area contributed by atoms with E-state index in [1.54, 1.807) is 0 Å². The molecule has 65 valence electrons. The molecule has 2 aromatic heterocycles. The van der Waals surface area contributed by atoms with Crippen LogP contribution in [-0.2, 0) is 39.8 Å². The van der Waals surface area contributed by atoms with Gasteiger partial charge in [-0.1, -0.05) is 35.8 Å². The molecule has 3 heteroatoms. The standard InChI is InChI=1S/C10H11N2.Y/c1-7-6-9-8(2)11-5-4-10(9)12(7)3;/h4,6H,1-3H3;/q-1;/i6T;. The summed E-state index contributed by atoms with van der Waals surface area (Å²) in [5.41, 5.74) is 2.89. The Kier molecular flexibility index (Phi) is 2.80. The maximum absolute atomic E-state index is 7.88. The molecule has 0 N–H and O–H groups in total. The number of nitrogens with zero attached hydrogens (tertiary/aromatic N) is 2. The van der Waals surface area contributed by atoms with Gasteiger partial charge in [-0.2, -0.15) is 0 Å². The molecule has 0 spiro atoms. The number of fused-ring (bicyclic) bond motifs is 1. The Morgan fingerprint density at radius 1 is 1.54 bits per heavy atom. The topological polar surface area (TPSA) is 17.8 Å². The second-order valence-corrected chi connectivity index (χ2v) is 3.00. The molecule has 2 heterocycles. The van der Waals surface area contributed by atoms with Crippen molar-refractivity contribution in [2.45, 2.75) is 13.8 Å². The van der Waals surface area contributed by atoms with Gasteiger partial charge in [-0.25, -0.2) is 0 Å². The zero-order valence-corrected chi connectivity index (χ0v) is 10.9. The zero-order chi connectivity index (χ0) is 9.59. The van der Waals surface area contributed by atoms with Gasteiger partial charge in [0.2, 0.25) is 0 Å². The largest absolute Gasteiger partial charge is 0.401 e. The van der Waals surface area contributed by atoms with Crippen LogP contribution in [0.4, 0.5) is 0 Å². The summed E-state index contributed by atoms with van der Waals surface area (Å²) in [4.78, 5) is 4.06. The molecule has 1 radical (unpaired) electrons. The van der Waals surface area contributed by atoms with E-state index in [2.05, 4.69) is 11.2 Å². The number of hydrogen-bond donors (Lipinski definition) is 0. The molecule has 0 aromatic carbocycles. The molecule has 13 heavy (non-hydrogen) atoms. The van der Waals surface area contributed by atoms with E-state index >= 15 is 0 Å². The van der Waals surface area contributed by atoms with Gasteiger partial charge < -0.3 is 9.55 Å². The van der Waals surface area contributed by atoms with Gasteiger partial charge in [0.05, 0.1) is 1.37 Å². The summed E-state index contributed by atoms with van der Waals surface area (Å²) in [6, 6.07) is 2.41. The van der Waals surface area contributed by atoms with Crippen LogP contribution in [0.3, 0.4) is 0 Å². The van der Waals surface area contributed by atoms with Gasteiger partial charge >= 0.3 is 0 Å². The first-order valence-electron chi connectivity index (χ1n) is 4.42. The van der Waals surface area contributed by atoms with E-state index in [4.69, 9.17) is 1.37 Å². The summed E-state index contributed by atoms with van der Waals surface area (Å²) in [6.07, 6.45) is 2.83. The van der Waals surface area contributed by atoms with Crippen LogP contribution in [0.25, 0.3) is 10.9 Å². The van der Waals surface area contributed by atoms with E-state index in [1.165, 1.54) is 0 Å². The van der Waals surface area contributed by atoms with Crippen molar-refractivity contribution in [1.82, 2.24) is 9.55 Å². The number of aromatic nitrogens is 2. The number of rotatable bonds is 0. The van der Waals surface area contributed by atoms with Crippen molar-refractivity contribution >= 4 is 10.9 Å². The first-order valence-corrected chi connectivity index (χ1v) is 3.92. The molecule has 0 aliphatic rings. The summed E-state index contributed by atoms with van der Waals surface area (Å²) in [6.45, 7) is 3.86. The van der Waals surface area contributed by atoms with Gasteiger partial charge in [-0.15, -0.1) is 6.07 Å². The molecule has 0 aliphatic carbocycles. The Bertz CT molecular complexity index is 476. The molecule has 2 rings (SSSR count). The smallest absolute Gasteiger partial charge is 0.0626 e. The Morgan fingerprint density at radius 3 is 2.85 bits per heavy atom. The van der Waals surface area contributed by atoms with Crippen molar-refractivity contribution in [3.05, 3.63) is 29.7 Å². The van der Waals surface area contributed by atoms with Crippen molar-refractivity contribution in [2.24, 2.45) is 7.05 Å². The molecular weight excluding hydrogens is 237 g/mol. The molecular formula is C10H11N2Y-. The van der Waals surface area contributed by atoms with E-state index < -0.39 is 0 Å². The molecule has 0 saturated carbocycles. The molecule has 0 saturated heterocycles. The van der Waals surface area contributed by atoms with Gasteiger partial charge in [0, 0.05) is 38.4 Å². The van der Waals surface area contributed by atoms with Crippen LogP contribution in [0.5, 0.6) is 0 Å². The number of pyridine rings is 1. The van der Waals surface area contributed by atoms with E-state index in [1.807, 2.05) is 31.5 Å². The van der Waals surface area contributed by atoms with Crippen molar-refractivity contribution in [3.8, 4) is 0 Å². The van der Waals surface area contributed by atoms with Crippen molar-refractivity contribution in [1.29, 1.82) is 0 Å². The monoisotopic (exact) mass is 250 g/mol. The Labute approximate surface area is 105 Å². The van der Waals surface area contributed by atoms with E-state index in [0.717, 1.165) is 22.3 Å². The molecule has 0 aliphatic heterocycles. The minimum absolute atomic E-state index is 0. The maximum Gasteiger partial charge on any atom is 0.0626 e. The summed E-state index contributed by atoms with van der Waals surface area (Å²) in [7, 11) is 1.96. The zero-order valence-electron chi connectivity index (χ0n) is 9.05. The quantitative estimate of drug-likeness (QED) is 0.654. The predicted molar refractivity (Wildman–Crippen MR) is 49.0 cm³/mol. The van der Waals surface area contributed by atoms with Crippen LogP contribution in [0, 0.1) is 20.0 Å². The van der Waals surface area contributed by atoms with Crippen LogP contribution in [0.15, 0.2) is 12.1 Å². The van der Waals surface area contributed by atoms with Crippen LogP contribution in [-0.4, -0.2) is 9.55 Å². The van der Waals surface area contributed by atoms with Crippen molar-refractivity contribution < 1.29 is 34.1 Å². The third-order valence-electron chi connectivity index (χ3n) is 2.22. The summed E-state index contributed by atoms with van der Waals surface area (Å²) < 4.78 is 9.88. The second kappa shape index (κ2) is 3.89. The van der Waals surface area contributed by atoms with Gasteiger partial charge in [-0.05, 0) is 14.0 Å². The molecule has 0 atom stereocenters. The van der Waals surface area contributed by atoms with Gasteiger partial charge in [0.15, 0.2) is 0 Å². The van der Waals surface area contributed by atoms with Gasteiger partial charge in [-0.3, -0.25) is 0 Å². The third kappa shape index (κ3) is 1.70. The summed E-state index contributed by atoms with van der Waals surface area (Å²) in [5, 5.41) is 0.943.